The first-order chi connectivity index (χ1) is 18.8. The Kier molecular flexibility index (Phi) is 9.08. The van der Waals surface area contributed by atoms with E-state index in [9.17, 15) is 9.90 Å². The Bertz CT molecular complexity index is 880. The first-order valence-electron chi connectivity index (χ1n) is 17.4. The van der Waals surface area contributed by atoms with E-state index < -0.39 is 0 Å². The summed E-state index contributed by atoms with van der Waals surface area (Å²) in [6.45, 7) is 14.7. The van der Waals surface area contributed by atoms with Gasteiger partial charge in [-0.1, -0.05) is 20.8 Å². The highest BCUT2D eigenvalue weighted by Crippen LogP contribution is 2.68. The Balaban J connectivity index is 1.04. The van der Waals surface area contributed by atoms with Crippen LogP contribution in [0.5, 0.6) is 0 Å². The van der Waals surface area contributed by atoms with Crippen molar-refractivity contribution in [3.05, 3.63) is 0 Å². The van der Waals surface area contributed by atoms with Crippen molar-refractivity contribution in [2.45, 2.75) is 110 Å². The summed E-state index contributed by atoms with van der Waals surface area (Å²) in [7, 11) is 7.08. The van der Waals surface area contributed by atoms with Crippen molar-refractivity contribution in [2.24, 2.45) is 46.3 Å². The molecule has 0 unspecified atom stereocenters. The molecule has 0 aromatic heterocycles. The Morgan fingerprint density at radius 1 is 0.925 bits per heavy atom. The molecule has 1 saturated heterocycles. The zero-order chi connectivity index (χ0) is 28.8. The van der Waals surface area contributed by atoms with Crippen LogP contribution in [0.1, 0.15) is 104 Å². The van der Waals surface area contributed by atoms with Crippen molar-refractivity contribution in [1.29, 1.82) is 0 Å². The zero-order valence-electron chi connectivity index (χ0n) is 27.2. The second-order valence-corrected chi connectivity index (χ2v) is 17.2. The summed E-state index contributed by atoms with van der Waals surface area (Å²) in [5.41, 5.74) is 0.988. The average Bonchev–Trinajstić information content (AvgIpc) is 3.24. The summed E-state index contributed by atoms with van der Waals surface area (Å²) in [4.78, 5) is 12.7. The Morgan fingerprint density at radius 3 is 2.38 bits per heavy atom. The lowest BCUT2D eigenvalue weighted by molar-refractivity contribution is -1.01. The van der Waals surface area contributed by atoms with E-state index in [1.165, 1.54) is 88.6 Å². The van der Waals surface area contributed by atoms with Gasteiger partial charge in [0.05, 0.1) is 33.8 Å². The van der Waals surface area contributed by atoms with Gasteiger partial charge in [-0.05, 0) is 117 Å². The largest absolute Gasteiger partial charge is 0.393 e. The number of aliphatic hydroxyl groups is 1. The van der Waals surface area contributed by atoms with Crippen molar-refractivity contribution in [2.75, 3.05) is 60.4 Å². The molecule has 40 heavy (non-hydrogen) atoms. The molecule has 5 nitrogen and oxygen atoms in total. The molecule has 0 aromatic rings. The highest BCUT2D eigenvalue weighted by Gasteiger charge is 2.60. The summed E-state index contributed by atoms with van der Waals surface area (Å²) in [5.74, 6) is 5.22. The van der Waals surface area contributed by atoms with Gasteiger partial charge in [0.1, 0.15) is 26.2 Å². The number of carbonyl (C=O) groups is 1. The number of hydrogen-bond donors (Lipinski definition) is 2. The van der Waals surface area contributed by atoms with Gasteiger partial charge in [0.15, 0.2) is 0 Å². The monoisotopic (exact) mass is 560 g/mol. The molecule has 9 atom stereocenters. The van der Waals surface area contributed by atoms with E-state index in [4.69, 9.17) is 0 Å². The predicted molar refractivity (Wildman–Crippen MR) is 164 cm³/mol. The second-order valence-electron chi connectivity index (χ2n) is 17.2. The van der Waals surface area contributed by atoms with E-state index in [2.05, 4.69) is 47.2 Å². The first-order valence-corrected chi connectivity index (χ1v) is 17.4. The zero-order valence-corrected chi connectivity index (χ0v) is 27.2. The number of rotatable bonds is 9. The molecule has 4 aliphatic carbocycles. The lowest BCUT2D eigenvalue weighted by Gasteiger charge is -2.61. The van der Waals surface area contributed by atoms with Crippen LogP contribution in [0, 0.1) is 46.3 Å². The minimum atomic E-state index is -0.0422. The molecule has 2 N–H and O–H groups in total. The van der Waals surface area contributed by atoms with Gasteiger partial charge in [0.25, 0.3) is 0 Å². The van der Waals surface area contributed by atoms with E-state index >= 15 is 0 Å². The number of quaternary nitrogens is 2. The molecule has 4 saturated carbocycles. The molecule has 1 heterocycles. The average molecular weight is 560 g/mol. The third kappa shape index (κ3) is 6.32. The normalized spacial score (nSPS) is 42.8. The van der Waals surface area contributed by atoms with Gasteiger partial charge in [-0.25, -0.2) is 0 Å². The molecular formula is C35H65N3O2+2. The molecule has 0 bridgehead atoms. The fourth-order valence-corrected chi connectivity index (χ4v) is 11.0. The van der Waals surface area contributed by atoms with Gasteiger partial charge in [-0.3, -0.25) is 4.79 Å². The van der Waals surface area contributed by atoms with Crippen LogP contribution >= 0.6 is 0 Å². The molecule has 5 heteroatoms. The Labute approximate surface area is 247 Å². The predicted octanol–water partition coefficient (Wildman–Crippen LogP) is 5.86. The van der Waals surface area contributed by atoms with Gasteiger partial charge in [-0.15, -0.1) is 0 Å². The molecule has 5 rings (SSSR count). The van der Waals surface area contributed by atoms with E-state index in [-0.39, 0.29) is 12.0 Å². The van der Waals surface area contributed by atoms with E-state index in [0.717, 1.165) is 66.3 Å². The third-order valence-corrected chi connectivity index (χ3v) is 14.1. The number of carbonyl (C=O) groups excluding carboxylic acids is 1. The van der Waals surface area contributed by atoms with Crippen molar-refractivity contribution in [1.82, 2.24) is 5.32 Å². The number of nitrogens with zero attached hydrogens (tertiary/aromatic N) is 2. The SMILES string of the molecule is C[C@H](CCC(=O)NCCC[N+]1(C)CC[N+](C)(C)CC1)C[C@H]1CC[C@H]2[C@@H]3CC[C@@H]4C[C@H](O)CC[C@]4(C)[C@H]3CC[C@]12C. The van der Waals surface area contributed by atoms with Gasteiger partial charge >= 0.3 is 0 Å². The lowest BCUT2D eigenvalue weighted by Crippen LogP contribution is -2.62. The molecule has 5 fully saturated rings. The number of piperazine rings is 1. The van der Waals surface area contributed by atoms with Crippen molar-refractivity contribution in [3.63, 3.8) is 0 Å². The van der Waals surface area contributed by atoms with Gasteiger partial charge < -0.3 is 19.4 Å². The molecule has 230 valence electrons. The summed E-state index contributed by atoms with van der Waals surface area (Å²) < 4.78 is 2.32. The van der Waals surface area contributed by atoms with Crippen LogP contribution in [-0.2, 0) is 4.79 Å². The van der Waals surface area contributed by atoms with Gasteiger partial charge in [0.2, 0.25) is 5.91 Å². The quantitative estimate of drug-likeness (QED) is 0.275. The van der Waals surface area contributed by atoms with Crippen LogP contribution in [-0.4, -0.2) is 86.5 Å². The van der Waals surface area contributed by atoms with Crippen LogP contribution in [0.15, 0.2) is 0 Å². The molecular weight excluding hydrogens is 494 g/mol. The van der Waals surface area contributed by atoms with Crippen LogP contribution in [0.4, 0.5) is 0 Å². The molecule has 1 aliphatic heterocycles. The second kappa shape index (κ2) is 11.8. The summed E-state index contributed by atoms with van der Waals surface area (Å²) in [6, 6.07) is 0. The standard InChI is InChI=1S/C35H64N3O2/c1-26(8-13-33(40)36-18-7-19-38(6)22-20-37(4,5)21-23-38)24-27-10-12-31-30-11-9-28-25-29(39)14-16-34(28,2)32(30)15-17-35(27,31)3/h26-32,39H,7-25H2,1-6H3/q+1/p+1/t26-,27-,28-,29-,30+,31+,32+,34+,35-/m1/s1. The van der Waals surface area contributed by atoms with Crippen molar-refractivity contribution >= 4 is 5.91 Å². The highest BCUT2D eigenvalue weighted by atomic mass is 16.3. The number of nitrogens with one attached hydrogen (secondary N) is 1. The van der Waals surface area contributed by atoms with E-state index in [1.807, 2.05) is 0 Å². The van der Waals surface area contributed by atoms with Crippen LogP contribution < -0.4 is 5.32 Å². The van der Waals surface area contributed by atoms with Gasteiger partial charge in [-0.2, -0.15) is 0 Å². The number of likely N-dealkylation sites (N-methyl/N-ethyl adjacent to an activating group) is 2. The minimum Gasteiger partial charge on any atom is -0.393 e. The smallest absolute Gasteiger partial charge is 0.220 e. The van der Waals surface area contributed by atoms with Crippen molar-refractivity contribution < 1.29 is 18.9 Å². The summed E-state index contributed by atoms with van der Waals surface area (Å²) >= 11 is 0. The van der Waals surface area contributed by atoms with Gasteiger partial charge in [0, 0.05) is 19.4 Å². The number of fused-ring (bicyclic) bond motifs is 5. The summed E-state index contributed by atoms with van der Waals surface area (Å²) in [5, 5.41) is 13.6. The molecule has 0 spiro atoms. The van der Waals surface area contributed by atoms with E-state index in [1.54, 1.807) is 0 Å². The van der Waals surface area contributed by atoms with Crippen molar-refractivity contribution in [3.8, 4) is 0 Å². The third-order valence-electron chi connectivity index (χ3n) is 14.1. The topological polar surface area (TPSA) is 49.3 Å². The maximum Gasteiger partial charge on any atom is 0.220 e. The number of hydrogen-bond acceptors (Lipinski definition) is 2. The lowest BCUT2D eigenvalue weighted by atomic mass is 9.44. The molecule has 0 radical (unpaired) electrons. The maximum absolute atomic E-state index is 12.7. The molecule has 1 amide bonds. The number of aliphatic hydroxyl groups excluding tert-OH is 1. The molecule has 0 aromatic carbocycles. The Morgan fingerprint density at radius 2 is 1.62 bits per heavy atom. The van der Waals surface area contributed by atoms with E-state index in [0.29, 0.717) is 23.2 Å². The Hall–Kier alpha value is -0.650. The highest BCUT2D eigenvalue weighted by molar-refractivity contribution is 5.75. The number of amides is 1. The fraction of sp³-hybridized carbons (Fsp3) is 0.971. The van der Waals surface area contributed by atoms with Crippen LogP contribution in [0.3, 0.4) is 0 Å². The fourth-order valence-electron chi connectivity index (χ4n) is 11.0. The molecule has 5 aliphatic rings. The first kappa shape index (κ1) is 30.8. The maximum atomic E-state index is 12.7. The van der Waals surface area contributed by atoms with Crippen LogP contribution in [0.2, 0.25) is 0 Å². The minimum absolute atomic E-state index is 0.0422. The van der Waals surface area contributed by atoms with Crippen LogP contribution in [0.25, 0.3) is 0 Å². The summed E-state index contributed by atoms with van der Waals surface area (Å²) in [6.07, 6.45) is 15.9.